The van der Waals surface area contributed by atoms with Gasteiger partial charge >= 0.3 is 0 Å². The van der Waals surface area contributed by atoms with Crippen LogP contribution in [0.5, 0.6) is 0 Å². The molecule has 32 heavy (non-hydrogen) atoms. The minimum atomic E-state index is -3.69. The van der Waals surface area contributed by atoms with Gasteiger partial charge in [-0.3, -0.25) is 14.4 Å². The topological polar surface area (TPSA) is 95.2 Å². The first-order valence-electron chi connectivity index (χ1n) is 10.1. The van der Waals surface area contributed by atoms with E-state index in [0.29, 0.717) is 17.2 Å². The van der Waals surface area contributed by atoms with Crippen LogP contribution in [-0.2, 0) is 14.8 Å². The molecule has 1 saturated carbocycles. The number of nitrogens with one attached hydrogen (secondary N) is 2. The minimum Gasteiger partial charge on any atom is -0.346 e. The van der Waals surface area contributed by atoms with Crippen molar-refractivity contribution in [3.8, 4) is 11.1 Å². The molecule has 2 heterocycles. The van der Waals surface area contributed by atoms with Crippen molar-refractivity contribution in [2.24, 2.45) is 0 Å². The summed E-state index contributed by atoms with van der Waals surface area (Å²) in [6.45, 7) is 0. The largest absolute Gasteiger partial charge is 0.346 e. The molecular weight excluding hydrogens is 492 g/mol. The Labute approximate surface area is 193 Å². The molecule has 0 aliphatic heterocycles. The maximum Gasteiger partial charge on any atom is 0.261 e. The van der Waals surface area contributed by atoms with Crippen LogP contribution in [0.1, 0.15) is 12.8 Å². The fourth-order valence-corrected chi connectivity index (χ4v) is 4.94. The van der Waals surface area contributed by atoms with E-state index < -0.39 is 10.0 Å². The second-order valence-electron chi connectivity index (χ2n) is 7.65. The van der Waals surface area contributed by atoms with Crippen LogP contribution in [0.15, 0.2) is 76.2 Å². The highest BCUT2D eigenvalue weighted by molar-refractivity contribution is 9.10. The van der Waals surface area contributed by atoms with Crippen molar-refractivity contribution in [2.45, 2.75) is 23.8 Å². The fourth-order valence-electron chi connectivity index (χ4n) is 3.62. The summed E-state index contributed by atoms with van der Waals surface area (Å²) in [5.41, 5.74) is 2.97. The monoisotopic (exact) mass is 510 g/mol. The van der Waals surface area contributed by atoms with E-state index in [9.17, 15) is 13.2 Å². The van der Waals surface area contributed by atoms with Gasteiger partial charge in [0.1, 0.15) is 11.5 Å². The Morgan fingerprint density at radius 3 is 2.44 bits per heavy atom. The van der Waals surface area contributed by atoms with Crippen LogP contribution in [0.3, 0.4) is 0 Å². The Morgan fingerprint density at radius 1 is 1.06 bits per heavy atom. The van der Waals surface area contributed by atoms with Crippen LogP contribution in [0.4, 0.5) is 11.5 Å². The fraction of sp³-hybridized carbons (Fsp3) is 0.130. The number of fused-ring (bicyclic) bond motifs is 1. The number of nitrogens with zero attached hydrogens (tertiary/aromatic N) is 2. The van der Waals surface area contributed by atoms with Gasteiger partial charge in [0.05, 0.1) is 4.90 Å². The summed E-state index contributed by atoms with van der Waals surface area (Å²) in [4.78, 5) is 21.2. The van der Waals surface area contributed by atoms with E-state index in [1.165, 1.54) is 0 Å². The standard InChI is InChI=1S/C23H19BrN4O3S/c24-16-3-9-19(10-4-16)32(30,31)27-17-5-1-15(2-6-17)21-13-22(28(14-29)18-7-8-18)26-23-20(21)11-12-25-23/h1-6,9-14,18,27H,7-8H2,(H,25,26). The predicted molar refractivity (Wildman–Crippen MR) is 128 cm³/mol. The Hall–Kier alpha value is -3.17. The maximum absolute atomic E-state index is 12.7. The van der Waals surface area contributed by atoms with Crippen LogP contribution in [0.2, 0.25) is 0 Å². The molecule has 0 bridgehead atoms. The molecule has 1 aliphatic rings. The highest BCUT2D eigenvalue weighted by Crippen LogP contribution is 2.35. The summed E-state index contributed by atoms with van der Waals surface area (Å²) in [5, 5.41) is 0.929. The lowest BCUT2D eigenvalue weighted by Gasteiger charge is -2.17. The second kappa shape index (κ2) is 8.07. The second-order valence-corrected chi connectivity index (χ2v) is 10.2. The minimum absolute atomic E-state index is 0.187. The van der Waals surface area contributed by atoms with Crippen molar-refractivity contribution < 1.29 is 13.2 Å². The zero-order valence-electron chi connectivity index (χ0n) is 16.8. The zero-order valence-corrected chi connectivity index (χ0v) is 19.2. The third-order valence-electron chi connectivity index (χ3n) is 5.41. The maximum atomic E-state index is 12.7. The van der Waals surface area contributed by atoms with Gasteiger partial charge in [0.25, 0.3) is 10.0 Å². The molecule has 2 aromatic heterocycles. The molecule has 162 valence electrons. The number of hydrogen-bond donors (Lipinski definition) is 2. The van der Waals surface area contributed by atoms with Crippen molar-refractivity contribution in [1.29, 1.82) is 0 Å². The predicted octanol–water partition coefficient (Wildman–Crippen LogP) is 4.92. The number of benzene rings is 2. The van der Waals surface area contributed by atoms with E-state index in [1.807, 2.05) is 30.5 Å². The molecule has 9 heteroatoms. The smallest absolute Gasteiger partial charge is 0.261 e. The van der Waals surface area contributed by atoms with Crippen molar-refractivity contribution in [3.63, 3.8) is 0 Å². The van der Waals surface area contributed by atoms with Crippen molar-refractivity contribution >= 4 is 54.9 Å². The van der Waals surface area contributed by atoms with E-state index in [0.717, 1.165) is 40.2 Å². The molecule has 2 N–H and O–H groups in total. The molecule has 0 radical (unpaired) electrons. The number of anilines is 2. The van der Waals surface area contributed by atoms with Gasteiger partial charge in [-0.2, -0.15) is 0 Å². The van der Waals surface area contributed by atoms with E-state index >= 15 is 0 Å². The molecule has 1 fully saturated rings. The SMILES string of the molecule is O=CN(c1cc(-c2ccc(NS(=O)(=O)c3ccc(Br)cc3)cc2)c2cc[nH]c2n1)C1CC1. The van der Waals surface area contributed by atoms with Gasteiger partial charge in [-0.05, 0) is 72.5 Å². The van der Waals surface area contributed by atoms with E-state index in [4.69, 9.17) is 0 Å². The number of carbonyl (C=O) groups excluding carboxylic acids is 1. The first-order chi connectivity index (χ1) is 15.4. The average Bonchev–Trinajstić information content (AvgIpc) is 3.50. The number of sulfonamides is 1. The number of H-pyrrole nitrogens is 1. The number of amides is 1. The number of aromatic nitrogens is 2. The quantitative estimate of drug-likeness (QED) is 0.345. The molecule has 0 atom stereocenters. The molecule has 0 unspecified atom stereocenters. The third-order valence-corrected chi connectivity index (χ3v) is 7.33. The lowest BCUT2D eigenvalue weighted by atomic mass is 10.0. The Bertz CT molecular complexity index is 1400. The van der Waals surface area contributed by atoms with Crippen LogP contribution in [-0.4, -0.2) is 30.8 Å². The van der Waals surface area contributed by atoms with Gasteiger partial charge in [0.15, 0.2) is 0 Å². The zero-order chi connectivity index (χ0) is 22.3. The molecule has 1 amide bonds. The molecular formula is C23H19BrN4O3S. The van der Waals surface area contributed by atoms with Gasteiger partial charge in [-0.25, -0.2) is 13.4 Å². The number of pyridine rings is 1. The molecule has 4 aromatic rings. The van der Waals surface area contributed by atoms with Gasteiger partial charge in [-0.15, -0.1) is 0 Å². The molecule has 0 spiro atoms. The Balaban J connectivity index is 1.47. The van der Waals surface area contributed by atoms with Crippen molar-refractivity contribution in [1.82, 2.24) is 9.97 Å². The Morgan fingerprint density at radius 2 is 1.78 bits per heavy atom. The van der Waals surface area contributed by atoms with Crippen LogP contribution in [0, 0.1) is 0 Å². The molecule has 2 aromatic carbocycles. The van der Waals surface area contributed by atoms with Crippen LogP contribution >= 0.6 is 15.9 Å². The first-order valence-corrected chi connectivity index (χ1v) is 12.3. The summed E-state index contributed by atoms with van der Waals surface area (Å²) in [6, 6.07) is 17.7. The lowest BCUT2D eigenvalue weighted by Crippen LogP contribution is -2.24. The average molecular weight is 511 g/mol. The molecule has 7 nitrogen and oxygen atoms in total. The van der Waals surface area contributed by atoms with Gasteiger partial charge < -0.3 is 4.98 Å². The summed E-state index contributed by atoms with van der Waals surface area (Å²) in [5.74, 6) is 0.604. The van der Waals surface area contributed by atoms with Gasteiger partial charge in [0, 0.05) is 27.8 Å². The molecule has 5 rings (SSSR count). The Kier molecular flexibility index (Phi) is 5.22. The highest BCUT2D eigenvalue weighted by Gasteiger charge is 2.30. The summed E-state index contributed by atoms with van der Waals surface area (Å²) < 4.78 is 28.7. The molecule has 1 aliphatic carbocycles. The van der Waals surface area contributed by atoms with E-state index in [2.05, 4.69) is 30.6 Å². The highest BCUT2D eigenvalue weighted by atomic mass is 79.9. The van der Waals surface area contributed by atoms with Crippen molar-refractivity contribution in [3.05, 3.63) is 71.3 Å². The molecule has 0 saturated heterocycles. The number of aromatic amines is 1. The van der Waals surface area contributed by atoms with E-state index in [-0.39, 0.29) is 10.9 Å². The number of rotatable bonds is 7. The van der Waals surface area contributed by atoms with Crippen LogP contribution in [0.25, 0.3) is 22.2 Å². The number of carbonyl (C=O) groups is 1. The van der Waals surface area contributed by atoms with E-state index in [1.54, 1.807) is 41.3 Å². The number of hydrogen-bond acceptors (Lipinski definition) is 4. The summed E-state index contributed by atoms with van der Waals surface area (Å²) in [7, 11) is -3.69. The third kappa shape index (κ3) is 4.01. The van der Waals surface area contributed by atoms with Gasteiger partial charge in [-0.1, -0.05) is 28.1 Å². The van der Waals surface area contributed by atoms with Crippen LogP contribution < -0.4 is 9.62 Å². The van der Waals surface area contributed by atoms with Gasteiger partial charge in [0.2, 0.25) is 6.41 Å². The first kappa shape index (κ1) is 20.7. The number of halogens is 1. The summed E-state index contributed by atoms with van der Waals surface area (Å²) in [6.07, 6.45) is 4.60. The summed E-state index contributed by atoms with van der Waals surface area (Å²) >= 11 is 3.31. The lowest BCUT2D eigenvalue weighted by molar-refractivity contribution is -0.107. The van der Waals surface area contributed by atoms with Crippen molar-refractivity contribution in [2.75, 3.05) is 9.62 Å². The normalized spacial score (nSPS) is 13.8.